The number of aromatic nitrogens is 2. The van der Waals surface area contributed by atoms with Gasteiger partial charge in [-0.3, -0.25) is 4.79 Å². The summed E-state index contributed by atoms with van der Waals surface area (Å²) in [7, 11) is 0. The number of carbonyl (C=O) groups is 1. The number of hydrogen-bond donors (Lipinski definition) is 2. The number of carbonyl (C=O) groups excluding carboxylic acids is 1. The molecule has 23 heavy (non-hydrogen) atoms. The molecule has 1 atom stereocenters. The first-order chi connectivity index (χ1) is 10.8. The molecular weight excluding hydrogens is 310 g/mol. The molecule has 2 rings (SSSR count). The van der Waals surface area contributed by atoms with Crippen molar-refractivity contribution < 1.29 is 9.90 Å². The van der Waals surface area contributed by atoms with Crippen molar-refractivity contribution in [3.63, 3.8) is 0 Å². The quantitative estimate of drug-likeness (QED) is 0.846. The van der Waals surface area contributed by atoms with Gasteiger partial charge in [-0.25, -0.2) is 9.97 Å². The number of thiazole rings is 1. The third-order valence-corrected chi connectivity index (χ3v) is 4.13. The topological polar surface area (TPSA) is 75.1 Å². The fraction of sp³-hybridized carbons (Fsp3) is 0.353. The van der Waals surface area contributed by atoms with Crippen molar-refractivity contribution in [1.29, 1.82) is 0 Å². The highest BCUT2D eigenvalue weighted by Crippen LogP contribution is 2.09. The van der Waals surface area contributed by atoms with Gasteiger partial charge in [-0.05, 0) is 45.7 Å². The van der Waals surface area contributed by atoms with Crippen LogP contribution >= 0.6 is 11.3 Å². The van der Waals surface area contributed by atoms with Crippen molar-refractivity contribution in [1.82, 2.24) is 15.3 Å². The van der Waals surface area contributed by atoms with Gasteiger partial charge in [0, 0.05) is 17.1 Å². The molecular formula is C17H19N3O2S. The first kappa shape index (κ1) is 17.1. The minimum atomic E-state index is -0.993. The molecule has 5 nitrogen and oxygen atoms in total. The summed E-state index contributed by atoms with van der Waals surface area (Å²) in [6.45, 7) is 6.96. The largest absolute Gasteiger partial charge is 0.388 e. The Kier molecular flexibility index (Phi) is 5.14. The van der Waals surface area contributed by atoms with E-state index in [4.69, 9.17) is 0 Å². The Morgan fingerprint density at radius 3 is 2.65 bits per heavy atom. The van der Waals surface area contributed by atoms with Crippen LogP contribution in [0.15, 0.2) is 23.7 Å². The summed E-state index contributed by atoms with van der Waals surface area (Å²) >= 11 is 1.55. The SMILES string of the molecule is Cc1nc(C#Cc2ccc(C(=O)N[C@H](C)C(C)(C)O)nc2)cs1. The van der Waals surface area contributed by atoms with Crippen LogP contribution in [0.2, 0.25) is 0 Å². The Morgan fingerprint density at radius 2 is 2.13 bits per heavy atom. The van der Waals surface area contributed by atoms with Crippen LogP contribution in [0.5, 0.6) is 0 Å². The number of aryl methyl sites for hydroxylation is 1. The summed E-state index contributed by atoms with van der Waals surface area (Å²) in [6.07, 6.45) is 1.55. The Bertz CT molecular complexity index is 749. The standard InChI is InChI=1S/C17H19N3O2S/c1-11(17(3,4)22)19-16(21)15-8-6-13(9-18-15)5-7-14-10-23-12(2)20-14/h6,8-11,22H,1-4H3,(H,19,21)/t11-/m1/s1. The minimum absolute atomic E-state index is 0.288. The molecule has 2 N–H and O–H groups in total. The number of nitrogens with one attached hydrogen (secondary N) is 1. The fourth-order valence-electron chi connectivity index (χ4n) is 1.61. The van der Waals surface area contributed by atoms with Gasteiger partial charge in [0.2, 0.25) is 0 Å². The van der Waals surface area contributed by atoms with Crippen molar-refractivity contribution in [3.05, 3.63) is 45.7 Å². The van der Waals surface area contributed by atoms with Crippen LogP contribution in [-0.4, -0.2) is 32.6 Å². The van der Waals surface area contributed by atoms with E-state index in [1.165, 1.54) is 0 Å². The Labute approximate surface area is 139 Å². The van der Waals surface area contributed by atoms with Crippen molar-refractivity contribution in [3.8, 4) is 11.8 Å². The molecule has 2 aromatic rings. The van der Waals surface area contributed by atoms with Gasteiger partial charge in [0.15, 0.2) is 0 Å². The second-order valence-corrected chi connectivity index (χ2v) is 6.84. The van der Waals surface area contributed by atoms with E-state index in [9.17, 15) is 9.90 Å². The molecule has 2 aromatic heterocycles. The van der Waals surface area contributed by atoms with E-state index in [0.29, 0.717) is 5.56 Å². The summed E-state index contributed by atoms with van der Waals surface area (Å²) in [5.74, 6) is 5.60. The van der Waals surface area contributed by atoms with Gasteiger partial charge in [-0.15, -0.1) is 11.3 Å². The fourth-order valence-corrected chi connectivity index (χ4v) is 2.15. The molecule has 0 aromatic carbocycles. The normalized spacial score (nSPS) is 12.2. The van der Waals surface area contributed by atoms with Gasteiger partial charge in [0.25, 0.3) is 5.91 Å². The minimum Gasteiger partial charge on any atom is -0.388 e. The van der Waals surface area contributed by atoms with E-state index < -0.39 is 5.60 Å². The highest BCUT2D eigenvalue weighted by molar-refractivity contribution is 7.09. The van der Waals surface area contributed by atoms with E-state index >= 15 is 0 Å². The van der Waals surface area contributed by atoms with Crippen LogP contribution in [0.25, 0.3) is 0 Å². The van der Waals surface area contributed by atoms with Crippen molar-refractivity contribution in [2.45, 2.75) is 39.3 Å². The smallest absolute Gasteiger partial charge is 0.270 e. The van der Waals surface area contributed by atoms with Gasteiger partial charge >= 0.3 is 0 Å². The van der Waals surface area contributed by atoms with Crippen molar-refractivity contribution in [2.24, 2.45) is 0 Å². The van der Waals surface area contributed by atoms with Crippen LogP contribution in [0, 0.1) is 18.8 Å². The van der Waals surface area contributed by atoms with Crippen LogP contribution < -0.4 is 5.32 Å². The van der Waals surface area contributed by atoms with E-state index in [1.54, 1.807) is 50.4 Å². The maximum atomic E-state index is 12.1. The molecule has 0 saturated heterocycles. The molecule has 0 aliphatic rings. The highest BCUT2D eigenvalue weighted by Gasteiger charge is 2.24. The lowest BCUT2D eigenvalue weighted by molar-refractivity contribution is 0.0407. The lowest BCUT2D eigenvalue weighted by Gasteiger charge is -2.26. The third-order valence-electron chi connectivity index (χ3n) is 3.36. The summed E-state index contributed by atoms with van der Waals surface area (Å²) in [5, 5.41) is 15.4. The molecule has 0 bridgehead atoms. The summed E-state index contributed by atoms with van der Waals surface area (Å²) in [5.41, 5.74) is 0.736. The van der Waals surface area contributed by atoms with Crippen LogP contribution in [-0.2, 0) is 0 Å². The number of hydrogen-bond acceptors (Lipinski definition) is 5. The van der Waals surface area contributed by atoms with Crippen LogP contribution in [0.1, 0.15) is 47.5 Å². The van der Waals surface area contributed by atoms with Crippen molar-refractivity contribution >= 4 is 17.2 Å². The number of nitrogens with zero attached hydrogens (tertiary/aromatic N) is 2. The molecule has 0 aliphatic heterocycles. The number of amides is 1. The van der Waals surface area contributed by atoms with Gasteiger partial charge in [0.05, 0.1) is 16.7 Å². The van der Waals surface area contributed by atoms with E-state index in [2.05, 4.69) is 27.1 Å². The second kappa shape index (κ2) is 6.90. The molecule has 0 unspecified atom stereocenters. The molecule has 0 saturated carbocycles. The summed E-state index contributed by atoms with van der Waals surface area (Å²) < 4.78 is 0. The summed E-state index contributed by atoms with van der Waals surface area (Å²) in [6, 6.07) is 2.97. The average Bonchev–Trinajstić information content (AvgIpc) is 2.90. The first-order valence-corrected chi connectivity index (χ1v) is 8.07. The molecule has 0 radical (unpaired) electrons. The molecule has 120 valence electrons. The highest BCUT2D eigenvalue weighted by atomic mass is 32.1. The van der Waals surface area contributed by atoms with Gasteiger partial charge in [-0.1, -0.05) is 5.92 Å². The summed E-state index contributed by atoms with van der Waals surface area (Å²) in [4.78, 5) is 20.4. The van der Waals surface area contributed by atoms with Crippen LogP contribution in [0.3, 0.4) is 0 Å². The maximum absolute atomic E-state index is 12.1. The molecule has 0 spiro atoms. The zero-order chi connectivity index (χ0) is 17.0. The lowest BCUT2D eigenvalue weighted by atomic mass is 10.0. The number of pyridine rings is 1. The molecule has 0 aliphatic carbocycles. The van der Waals surface area contributed by atoms with E-state index in [1.807, 2.05) is 12.3 Å². The monoisotopic (exact) mass is 329 g/mol. The molecule has 2 heterocycles. The van der Waals surface area contributed by atoms with Gasteiger partial charge in [0.1, 0.15) is 11.4 Å². The first-order valence-electron chi connectivity index (χ1n) is 7.19. The number of rotatable bonds is 3. The molecule has 1 amide bonds. The average molecular weight is 329 g/mol. The second-order valence-electron chi connectivity index (χ2n) is 5.78. The molecule has 0 fully saturated rings. The van der Waals surface area contributed by atoms with E-state index in [0.717, 1.165) is 10.7 Å². The predicted octanol–water partition coefficient (Wildman–Crippen LogP) is 2.14. The zero-order valence-electron chi connectivity index (χ0n) is 13.5. The third kappa shape index (κ3) is 4.88. The maximum Gasteiger partial charge on any atom is 0.270 e. The Hall–Kier alpha value is -2.23. The van der Waals surface area contributed by atoms with Gasteiger partial charge < -0.3 is 10.4 Å². The molecule has 6 heteroatoms. The van der Waals surface area contributed by atoms with Crippen LogP contribution in [0.4, 0.5) is 0 Å². The number of aliphatic hydroxyl groups is 1. The predicted molar refractivity (Wildman–Crippen MR) is 90.3 cm³/mol. The van der Waals surface area contributed by atoms with Gasteiger partial charge in [-0.2, -0.15) is 0 Å². The Balaban J connectivity index is 2.05. The zero-order valence-corrected chi connectivity index (χ0v) is 14.4. The lowest BCUT2D eigenvalue weighted by Crippen LogP contribution is -2.47. The van der Waals surface area contributed by atoms with E-state index in [-0.39, 0.29) is 17.6 Å². The van der Waals surface area contributed by atoms with Crippen molar-refractivity contribution in [2.75, 3.05) is 0 Å². The Morgan fingerprint density at radius 1 is 1.39 bits per heavy atom.